The quantitative estimate of drug-likeness (QED) is 0.869. The zero-order chi connectivity index (χ0) is 13.1. The van der Waals surface area contributed by atoms with E-state index in [1.807, 2.05) is 6.07 Å². The molecule has 2 aliphatic rings. The highest BCUT2D eigenvalue weighted by Gasteiger charge is 2.24. The lowest BCUT2D eigenvalue weighted by Crippen LogP contribution is -2.35. The zero-order valence-corrected chi connectivity index (χ0v) is 11.0. The second-order valence-corrected chi connectivity index (χ2v) is 5.25. The number of amides is 1. The molecule has 19 heavy (non-hydrogen) atoms. The van der Waals surface area contributed by atoms with Crippen LogP contribution in [0.2, 0.25) is 0 Å². The summed E-state index contributed by atoms with van der Waals surface area (Å²) >= 11 is 0. The summed E-state index contributed by atoms with van der Waals surface area (Å²) in [5.41, 5.74) is 2.60. The Morgan fingerprint density at radius 2 is 2.32 bits per heavy atom. The third-order valence-electron chi connectivity index (χ3n) is 3.95. The number of hydrogen-bond donors (Lipinski definition) is 2. The van der Waals surface area contributed by atoms with E-state index in [2.05, 4.69) is 28.8 Å². The van der Waals surface area contributed by atoms with Gasteiger partial charge in [-0.2, -0.15) is 0 Å². The van der Waals surface area contributed by atoms with Crippen molar-refractivity contribution in [1.29, 1.82) is 0 Å². The lowest BCUT2D eigenvalue weighted by Gasteiger charge is -2.13. The Balaban J connectivity index is 1.47. The van der Waals surface area contributed by atoms with Crippen molar-refractivity contribution in [3.05, 3.63) is 29.8 Å². The van der Waals surface area contributed by atoms with Gasteiger partial charge in [-0.25, -0.2) is 0 Å². The van der Waals surface area contributed by atoms with Gasteiger partial charge in [0.15, 0.2) is 0 Å². The predicted octanol–water partition coefficient (Wildman–Crippen LogP) is 1.88. The second-order valence-electron chi connectivity index (χ2n) is 5.25. The molecular formula is C15H20N2O2. The highest BCUT2D eigenvalue weighted by Crippen LogP contribution is 2.32. The maximum Gasteiger partial charge on any atom is 0.249 e. The Hall–Kier alpha value is -1.55. The molecule has 0 saturated carbocycles. The molecule has 4 nitrogen and oxygen atoms in total. The Bertz CT molecular complexity index is 455. The number of rotatable bonds is 4. The molecule has 2 N–H and O–H groups in total. The van der Waals surface area contributed by atoms with Crippen molar-refractivity contribution in [2.45, 2.75) is 31.3 Å². The van der Waals surface area contributed by atoms with Crippen molar-refractivity contribution >= 4 is 11.6 Å². The third-order valence-corrected chi connectivity index (χ3v) is 3.95. The summed E-state index contributed by atoms with van der Waals surface area (Å²) in [4.78, 5) is 11.8. The molecule has 1 fully saturated rings. The van der Waals surface area contributed by atoms with Crippen LogP contribution in [0.15, 0.2) is 24.3 Å². The van der Waals surface area contributed by atoms with Gasteiger partial charge in [0.25, 0.3) is 0 Å². The van der Waals surface area contributed by atoms with Crippen molar-refractivity contribution in [3.63, 3.8) is 0 Å². The van der Waals surface area contributed by atoms with E-state index in [4.69, 9.17) is 4.74 Å². The van der Waals surface area contributed by atoms with Gasteiger partial charge in [0, 0.05) is 31.3 Å². The van der Waals surface area contributed by atoms with Crippen molar-refractivity contribution in [2.75, 3.05) is 25.0 Å². The van der Waals surface area contributed by atoms with Crippen LogP contribution in [0, 0.1) is 0 Å². The average molecular weight is 260 g/mol. The van der Waals surface area contributed by atoms with Gasteiger partial charge < -0.3 is 15.4 Å². The van der Waals surface area contributed by atoms with Gasteiger partial charge in [0.2, 0.25) is 5.91 Å². The minimum Gasteiger partial charge on any atom is -0.384 e. The number of anilines is 1. The van der Waals surface area contributed by atoms with Gasteiger partial charge in [0.1, 0.15) is 6.10 Å². The molecule has 1 aromatic carbocycles. The molecule has 1 aromatic rings. The number of ether oxygens (including phenoxy) is 1. The first-order chi connectivity index (χ1) is 9.34. The Morgan fingerprint density at radius 1 is 1.42 bits per heavy atom. The smallest absolute Gasteiger partial charge is 0.249 e. The van der Waals surface area contributed by atoms with Crippen molar-refractivity contribution in [1.82, 2.24) is 5.32 Å². The summed E-state index contributed by atoms with van der Waals surface area (Å²) in [5, 5.41) is 6.40. The van der Waals surface area contributed by atoms with E-state index in [0.29, 0.717) is 5.92 Å². The van der Waals surface area contributed by atoms with Crippen molar-refractivity contribution in [2.24, 2.45) is 0 Å². The first-order valence-corrected chi connectivity index (χ1v) is 7.07. The third kappa shape index (κ3) is 2.73. The first kappa shape index (κ1) is 12.5. The highest BCUT2D eigenvalue weighted by molar-refractivity contribution is 5.80. The van der Waals surface area contributed by atoms with Crippen LogP contribution in [-0.2, 0) is 9.53 Å². The second kappa shape index (κ2) is 5.61. The van der Waals surface area contributed by atoms with E-state index in [9.17, 15) is 4.79 Å². The lowest BCUT2D eigenvalue weighted by atomic mass is 9.98. The molecular weight excluding hydrogens is 240 g/mol. The summed E-state index contributed by atoms with van der Waals surface area (Å²) in [6, 6.07) is 8.40. The van der Waals surface area contributed by atoms with Crippen molar-refractivity contribution in [3.8, 4) is 0 Å². The topological polar surface area (TPSA) is 50.4 Å². The summed E-state index contributed by atoms with van der Waals surface area (Å²) in [7, 11) is 0. The molecule has 3 rings (SSSR count). The van der Waals surface area contributed by atoms with Crippen LogP contribution in [0.3, 0.4) is 0 Å². The molecule has 2 aliphatic heterocycles. The molecule has 0 aromatic heterocycles. The number of para-hydroxylation sites is 1. The Morgan fingerprint density at radius 3 is 3.16 bits per heavy atom. The fourth-order valence-electron chi connectivity index (χ4n) is 2.88. The van der Waals surface area contributed by atoms with Crippen LogP contribution in [0.4, 0.5) is 5.69 Å². The maximum absolute atomic E-state index is 11.8. The number of carbonyl (C=O) groups excluding carboxylic acids is 1. The van der Waals surface area contributed by atoms with E-state index in [0.717, 1.165) is 39.0 Å². The predicted molar refractivity (Wildman–Crippen MR) is 74.3 cm³/mol. The van der Waals surface area contributed by atoms with E-state index >= 15 is 0 Å². The van der Waals surface area contributed by atoms with Crippen LogP contribution in [0.25, 0.3) is 0 Å². The summed E-state index contributed by atoms with van der Waals surface area (Å²) in [6.45, 7) is 2.41. The normalized spacial score (nSPS) is 24.8. The number of carbonyl (C=O) groups is 1. The molecule has 2 unspecified atom stereocenters. The fraction of sp³-hybridized carbons (Fsp3) is 0.533. The van der Waals surface area contributed by atoms with Crippen LogP contribution in [-0.4, -0.2) is 31.7 Å². The highest BCUT2D eigenvalue weighted by atomic mass is 16.5. The SMILES string of the molecule is O=C(NCCC1CNc2ccccc21)C1CCCO1. The molecule has 0 aliphatic carbocycles. The molecule has 0 bridgehead atoms. The van der Waals surface area contributed by atoms with Crippen LogP contribution >= 0.6 is 0 Å². The van der Waals surface area contributed by atoms with Crippen LogP contribution in [0.5, 0.6) is 0 Å². The molecule has 0 spiro atoms. The molecule has 102 valence electrons. The lowest BCUT2D eigenvalue weighted by molar-refractivity contribution is -0.130. The van der Waals surface area contributed by atoms with Crippen LogP contribution < -0.4 is 10.6 Å². The van der Waals surface area contributed by atoms with Gasteiger partial charge >= 0.3 is 0 Å². The van der Waals surface area contributed by atoms with Gasteiger partial charge in [-0.3, -0.25) is 4.79 Å². The minimum atomic E-state index is -0.214. The maximum atomic E-state index is 11.8. The summed E-state index contributed by atoms with van der Waals surface area (Å²) < 4.78 is 5.37. The van der Waals surface area contributed by atoms with E-state index in [1.165, 1.54) is 11.3 Å². The van der Waals surface area contributed by atoms with E-state index in [-0.39, 0.29) is 12.0 Å². The molecule has 1 saturated heterocycles. The standard InChI is InChI=1S/C15H20N2O2/c18-15(14-6-3-9-19-14)16-8-7-11-10-17-13-5-2-1-4-12(11)13/h1-2,4-5,11,14,17H,3,6-10H2,(H,16,18). The number of fused-ring (bicyclic) bond motifs is 1. The van der Waals surface area contributed by atoms with Crippen LogP contribution in [0.1, 0.15) is 30.7 Å². The van der Waals surface area contributed by atoms with E-state index < -0.39 is 0 Å². The number of benzene rings is 1. The van der Waals surface area contributed by atoms with Crippen molar-refractivity contribution < 1.29 is 9.53 Å². The monoisotopic (exact) mass is 260 g/mol. The summed E-state index contributed by atoms with van der Waals surface area (Å²) in [5.74, 6) is 0.553. The summed E-state index contributed by atoms with van der Waals surface area (Å²) in [6.07, 6.45) is 2.62. The fourth-order valence-corrected chi connectivity index (χ4v) is 2.88. The number of nitrogens with one attached hydrogen (secondary N) is 2. The zero-order valence-electron chi connectivity index (χ0n) is 11.0. The largest absolute Gasteiger partial charge is 0.384 e. The number of hydrogen-bond acceptors (Lipinski definition) is 3. The first-order valence-electron chi connectivity index (χ1n) is 7.07. The Labute approximate surface area is 113 Å². The van der Waals surface area contributed by atoms with Gasteiger partial charge in [0.05, 0.1) is 0 Å². The minimum absolute atomic E-state index is 0.0525. The molecule has 2 atom stereocenters. The van der Waals surface area contributed by atoms with E-state index in [1.54, 1.807) is 0 Å². The average Bonchev–Trinajstić information content (AvgIpc) is 3.08. The van der Waals surface area contributed by atoms with Gasteiger partial charge in [-0.05, 0) is 30.9 Å². The molecule has 2 heterocycles. The molecule has 0 radical (unpaired) electrons. The molecule has 1 amide bonds. The van der Waals surface area contributed by atoms with Gasteiger partial charge in [-0.15, -0.1) is 0 Å². The van der Waals surface area contributed by atoms with Gasteiger partial charge in [-0.1, -0.05) is 18.2 Å². The Kier molecular flexibility index (Phi) is 3.69. The molecule has 4 heteroatoms.